The van der Waals surface area contributed by atoms with Crippen LogP contribution in [0.5, 0.6) is 23.0 Å². The summed E-state index contributed by atoms with van der Waals surface area (Å²) in [6.07, 6.45) is -5.48. The number of phenolic OH excluding ortho intramolecular Hbond substituents is 1. The summed E-state index contributed by atoms with van der Waals surface area (Å²) in [6.45, 7) is 2.37. The lowest BCUT2D eigenvalue weighted by Gasteiger charge is -2.39. The predicted molar refractivity (Wildman–Crippen MR) is 160 cm³/mol. The van der Waals surface area contributed by atoms with E-state index < -0.39 is 60.4 Å². The number of benzene rings is 2. The van der Waals surface area contributed by atoms with Crippen molar-refractivity contribution < 1.29 is 63.2 Å². The second kappa shape index (κ2) is 13.3. The van der Waals surface area contributed by atoms with Crippen molar-refractivity contribution in [1.82, 2.24) is 0 Å². The van der Waals surface area contributed by atoms with Crippen LogP contribution >= 0.6 is 0 Å². The largest absolute Gasteiger partial charge is 0.504 e. The third kappa shape index (κ3) is 6.82. The van der Waals surface area contributed by atoms with Gasteiger partial charge in [-0.05, 0) is 37.6 Å². The van der Waals surface area contributed by atoms with E-state index >= 15 is 0 Å². The number of aromatic hydroxyl groups is 1. The first-order chi connectivity index (χ1) is 21.8. The summed E-state index contributed by atoms with van der Waals surface area (Å²) in [5.74, 6) is 0.0819. The second-order valence-corrected chi connectivity index (χ2v) is 11.5. The van der Waals surface area contributed by atoms with Gasteiger partial charge in [-0.3, -0.25) is 4.79 Å². The third-order valence-electron chi connectivity index (χ3n) is 7.80. The standard InChI is InChI=1S/C32H36O14/c1-32(2,39)24-11-17-20(45-24)12-22-26(30(17)41-4)19(34)10-16(44-22)13-43-31-29(38)28(37)27(36)23(46-31)14-42-25(35)8-6-15-5-7-18(33)21(9-15)40-3/h5-10,12,23-24,27-29,31,33,36-39H,11,13-14H2,1-4H3/t23-,24+,27-,28+,29-,31-/m1/s1. The highest BCUT2D eigenvalue weighted by Gasteiger charge is 2.45. The highest BCUT2D eigenvalue weighted by atomic mass is 16.7. The predicted octanol–water partition coefficient (Wildman–Crippen LogP) is 1.17. The Morgan fingerprint density at radius 2 is 1.83 bits per heavy atom. The number of fused-ring (bicyclic) bond motifs is 2. The van der Waals surface area contributed by atoms with Gasteiger partial charge in [0.15, 0.2) is 23.2 Å². The molecule has 5 rings (SSSR count). The Labute approximate surface area is 262 Å². The van der Waals surface area contributed by atoms with Crippen molar-refractivity contribution in [2.24, 2.45) is 0 Å². The number of methoxy groups -OCH3 is 2. The Kier molecular flexibility index (Phi) is 9.58. The van der Waals surface area contributed by atoms with Crippen LogP contribution in [0.2, 0.25) is 0 Å². The first kappa shape index (κ1) is 33.2. The summed E-state index contributed by atoms with van der Waals surface area (Å²) < 4.78 is 38.8. The van der Waals surface area contributed by atoms with Gasteiger partial charge < -0.3 is 58.4 Å². The lowest BCUT2D eigenvalue weighted by atomic mass is 9.96. The minimum Gasteiger partial charge on any atom is -0.504 e. The average molecular weight is 645 g/mol. The van der Waals surface area contributed by atoms with E-state index in [1.165, 1.54) is 44.6 Å². The molecule has 0 amide bonds. The summed E-state index contributed by atoms with van der Waals surface area (Å²) in [5.41, 5.74) is -0.271. The molecule has 0 unspecified atom stereocenters. The summed E-state index contributed by atoms with van der Waals surface area (Å²) in [7, 11) is 2.81. The van der Waals surface area contributed by atoms with Gasteiger partial charge in [0.2, 0.25) is 0 Å². The maximum absolute atomic E-state index is 13.1. The van der Waals surface area contributed by atoms with Crippen molar-refractivity contribution in [3.05, 3.63) is 63.5 Å². The van der Waals surface area contributed by atoms with E-state index in [0.717, 1.165) is 6.08 Å². The number of hydrogen-bond acceptors (Lipinski definition) is 14. The zero-order valence-corrected chi connectivity index (χ0v) is 25.5. The molecule has 248 valence electrons. The number of hydrogen-bond donors (Lipinski definition) is 5. The molecule has 1 fully saturated rings. The SMILES string of the molecule is COc1cc(C=CC(=O)OC[C@H]2O[C@@H](OCc3cc(=O)c4c(OC)c5c(cc4o3)O[C@H](C(C)(C)O)C5)[C@H](O)[C@@H](O)[C@@H]2O)ccc1O. The smallest absolute Gasteiger partial charge is 0.330 e. The van der Waals surface area contributed by atoms with Gasteiger partial charge in [-0.25, -0.2) is 4.79 Å². The first-order valence-corrected chi connectivity index (χ1v) is 14.4. The summed E-state index contributed by atoms with van der Waals surface area (Å²) in [4.78, 5) is 25.5. The molecule has 0 aliphatic carbocycles. The minimum absolute atomic E-state index is 0.0481. The van der Waals surface area contributed by atoms with Crippen LogP contribution in [0.4, 0.5) is 0 Å². The topological polar surface area (TPSA) is 204 Å². The monoisotopic (exact) mass is 644 g/mol. The van der Waals surface area contributed by atoms with Crippen LogP contribution in [0.1, 0.15) is 30.7 Å². The van der Waals surface area contributed by atoms with Crippen molar-refractivity contribution in [3.8, 4) is 23.0 Å². The summed E-state index contributed by atoms with van der Waals surface area (Å²) in [5, 5.41) is 51.7. The van der Waals surface area contributed by atoms with Gasteiger partial charge in [0.25, 0.3) is 0 Å². The molecule has 2 aliphatic rings. The Morgan fingerprint density at radius 3 is 2.52 bits per heavy atom. The van der Waals surface area contributed by atoms with Gasteiger partial charge in [-0.2, -0.15) is 0 Å². The van der Waals surface area contributed by atoms with Gasteiger partial charge in [0.05, 0.1) is 19.8 Å². The zero-order chi connectivity index (χ0) is 33.3. The lowest BCUT2D eigenvalue weighted by molar-refractivity contribution is -0.305. The van der Waals surface area contributed by atoms with E-state index in [1.54, 1.807) is 19.9 Å². The maximum Gasteiger partial charge on any atom is 0.330 e. The van der Waals surface area contributed by atoms with E-state index in [1.807, 2.05) is 0 Å². The van der Waals surface area contributed by atoms with Crippen LogP contribution in [0.3, 0.4) is 0 Å². The molecule has 6 atom stereocenters. The lowest BCUT2D eigenvalue weighted by Crippen LogP contribution is -2.59. The number of aliphatic hydroxyl groups is 4. The Morgan fingerprint density at radius 1 is 1.07 bits per heavy atom. The minimum atomic E-state index is -1.71. The van der Waals surface area contributed by atoms with E-state index in [9.17, 15) is 35.1 Å². The molecule has 3 aromatic rings. The fraction of sp³-hybridized carbons (Fsp3) is 0.438. The number of rotatable bonds is 10. The van der Waals surface area contributed by atoms with Crippen molar-refractivity contribution in [2.75, 3.05) is 20.8 Å². The highest BCUT2D eigenvalue weighted by molar-refractivity contribution is 5.88. The highest BCUT2D eigenvalue weighted by Crippen LogP contribution is 2.43. The molecule has 0 spiro atoms. The van der Waals surface area contributed by atoms with Crippen LogP contribution in [-0.4, -0.2) is 94.7 Å². The molecule has 2 aromatic carbocycles. The van der Waals surface area contributed by atoms with Crippen LogP contribution in [0.15, 0.2) is 45.6 Å². The fourth-order valence-corrected chi connectivity index (χ4v) is 5.26. The van der Waals surface area contributed by atoms with Crippen molar-refractivity contribution in [2.45, 2.75) is 69.3 Å². The molecule has 0 radical (unpaired) electrons. The maximum atomic E-state index is 13.1. The third-order valence-corrected chi connectivity index (χ3v) is 7.80. The van der Waals surface area contributed by atoms with Crippen molar-refractivity contribution >= 4 is 23.0 Å². The van der Waals surface area contributed by atoms with Crippen molar-refractivity contribution in [3.63, 3.8) is 0 Å². The van der Waals surface area contributed by atoms with Crippen LogP contribution in [-0.2, 0) is 32.0 Å². The molecule has 1 saturated heterocycles. The zero-order valence-electron chi connectivity index (χ0n) is 25.5. The molecule has 5 N–H and O–H groups in total. The van der Waals surface area contributed by atoms with Gasteiger partial charge in [0.1, 0.15) is 72.0 Å². The van der Waals surface area contributed by atoms with Gasteiger partial charge in [-0.15, -0.1) is 0 Å². The van der Waals surface area contributed by atoms with E-state index in [-0.39, 0.29) is 40.6 Å². The molecule has 14 nitrogen and oxygen atoms in total. The first-order valence-electron chi connectivity index (χ1n) is 14.4. The molecule has 2 aliphatic heterocycles. The van der Waals surface area contributed by atoms with Gasteiger partial charge >= 0.3 is 5.97 Å². The molecule has 1 aromatic heterocycles. The fourth-order valence-electron chi connectivity index (χ4n) is 5.26. The molecule has 46 heavy (non-hydrogen) atoms. The quantitative estimate of drug-likeness (QED) is 0.155. The number of esters is 1. The molecular formula is C32H36O14. The van der Waals surface area contributed by atoms with Crippen LogP contribution in [0.25, 0.3) is 17.0 Å². The van der Waals surface area contributed by atoms with Crippen molar-refractivity contribution in [1.29, 1.82) is 0 Å². The number of carbonyl (C=O) groups excluding carboxylic acids is 1. The Bertz CT molecular complexity index is 1670. The number of ether oxygens (including phenoxy) is 6. The van der Waals surface area contributed by atoms with E-state index in [4.69, 9.17) is 32.8 Å². The Balaban J connectivity index is 1.25. The molecule has 0 bridgehead atoms. The molecule has 14 heteroatoms. The molecule has 0 saturated carbocycles. The molecule has 3 heterocycles. The van der Waals surface area contributed by atoms with Gasteiger partial charge in [0, 0.05) is 30.2 Å². The molecular weight excluding hydrogens is 608 g/mol. The van der Waals surface area contributed by atoms with E-state index in [2.05, 4.69) is 0 Å². The number of phenols is 1. The average Bonchev–Trinajstić information content (AvgIpc) is 3.46. The Hall–Kier alpha value is -4.18. The second-order valence-electron chi connectivity index (χ2n) is 11.5. The summed E-state index contributed by atoms with van der Waals surface area (Å²) >= 11 is 0. The summed E-state index contributed by atoms with van der Waals surface area (Å²) in [6, 6.07) is 7.19. The van der Waals surface area contributed by atoms with Gasteiger partial charge in [-0.1, -0.05) is 6.07 Å². The van der Waals surface area contributed by atoms with Crippen LogP contribution in [0, 0.1) is 0 Å². The van der Waals surface area contributed by atoms with E-state index in [0.29, 0.717) is 23.3 Å². The van der Waals surface area contributed by atoms with Crippen LogP contribution < -0.4 is 19.6 Å². The normalized spacial score (nSPS) is 24.5. The number of carbonyl (C=O) groups is 1. The number of aliphatic hydroxyl groups excluding tert-OH is 3.